The monoisotopic (exact) mass is 451 g/mol. The summed E-state index contributed by atoms with van der Waals surface area (Å²) in [5.74, 6) is -0.175. The lowest BCUT2D eigenvalue weighted by Crippen LogP contribution is -2.48. The molecule has 1 atom stereocenters. The molecule has 0 bridgehead atoms. The molecule has 2 aliphatic rings. The lowest BCUT2D eigenvalue weighted by atomic mass is 9.76. The molecule has 1 spiro atoms. The van der Waals surface area contributed by atoms with Gasteiger partial charge in [0.15, 0.2) is 0 Å². The minimum absolute atomic E-state index is 0.125. The average molecular weight is 451 g/mol. The van der Waals surface area contributed by atoms with E-state index in [1.54, 1.807) is 30.0 Å². The fraction of sp³-hybridized carbons (Fsp3) is 0.591. The minimum atomic E-state index is -4.67. The molecule has 2 aliphatic heterocycles. The second-order valence-corrected chi connectivity index (χ2v) is 8.74. The molecule has 7 nitrogen and oxygen atoms in total. The molecule has 1 aromatic rings. The number of likely N-dealkylation sites (N-methyl/N-ethyl adjacent to an activating group) is 1. The Morgan fingerprint density at radius 2 is 1.94 bits per heavy atom. The van der Waals surface area contributed by atoms with E-state index in [-0.39, 0.29) is 23.0 Å². The number of carbonyl (C=O) groups excluding carboxylic acids is 2. The van der Waals surface area contributed by atoms with Crippen LogP contribution in [0.1, 0.15) is 37.3 Å². The minimum Gasteiger partial charge on any atom is -0.359 e. The number of nitrogens with zero attached hydrogens (tertiary/aromatic N) is 4. The number of likely N-dealkylation sites (tertiary alicyclic amines) is 1. The molecular formula is C22H28F3N5O2. The molecule has 10 heteroatoms. The van der Waals surface area contributed by atoms with E-state index >= 15 is 0 Å². The molecule has 3 rings (SSSR count). The van der Waals surface area contributed by atoms with Crippen molar-refractivity contribution in [3.8, 4) is 6.07 Å². The number of halogens is 3. The number of hydrogen-bond donors (Lipinski definition) is 1. The molecular weight excluding hydrogens is 423 g/mol. The SMILES string of the molecule is CCNC(=O)N1CCC2(CC1)CC(C(=O)N(C)C)N(c1ccc(C#N)c(C(F)(F)F)c1)C2. The number of rotatable bonds is 3. The summed E-state index contributed by atoms with van der Waals surface area (Å²) in [5, 5.41) is 11.9. The number of nitrogens with one attached hydrogen (secondary N) is 1. The predicted molar refractivity (Wildman–Crippen MR) is 113 cm³/mol. The topological polar surface area (TPSA) is 79.7 Å². The number of hydrogen-bond acceptors (Lipinski definition) is 4. The van der Waals surface area contributed by atoms with Gasteiger partial charge in [-0.25, -0.2) is 4.79 Å². The van der Waals surface area contributed by atoms with Gasteiger partial charge in [0.2, 0.25) is 5.91 Å². The van der Waals surface area contributed by atoms with Gasteiger partial charge < -0.3 is 20.0 Å². The average Bonchev–Trinajstić information content (AvgIpc) is 3.11. The quantitative estimate of drug-likeness (QED) is 0.766. The molecule has 0 radical (unpaired) electrons. The fourth-order valence-corrected chi connectivity index (χ4v) is 4.70. The van der Waals surface area contributed by atoms with E-state index in [0.29, 0.717) is 45.4 Å². The van der Waals surface area contributed by atoms with Crippen LogP contribution in [0.4, 0.5) is 23.7 Å². The Hall–Kier alpha value is -2.96. The van der Waals surface area contributed by atoms with Gasteiger partial charge in [0.25, 0.3) is 0 Å². The summed E-state index contributed by atoms with van der Waals surface area (Å²) in [6.45, 7) is 3.87. The van der Waals surface area contributed by atoms with Crippen LogP contribution in [0.15, 0.2) is 18.2 Å². The third-order valence-corrected chi connectivity index (χ3v) is 6.43. The largest absolute Gasteiger partial charge is 0.417 e. The van der Waals surface area contributed by atoms with Crippen molar-refractivity contribution in [1.29, 1.82) is 5.26 Å². The third-order valence-electron chi connectivity index (χ3n) is 6.43. The number of nitriles is 1. The van der Waals surface area contributed by atoms with Crippen LogP contribution in [0.5, 0.6) is 0 Å². The van der Waals surface area contributed by atoms with E-state index in [9.17, 15) is 22.8 Å². The number of piperidine rings is 1. The third kappa shape index (κ3) is 4.61. The summed E-state index contributed by atoms with van der Waals surface area (Å²) in [4.78, 5) is 30.0. The molecule has 174 valence electrons. The lowest BCUT2D eigenvalue weighted by molar-refractivity contribution is -0.137. The van der Waals surface area contributed by atoms with Gasteiger partial charge in [0, 0.05) is 46.0 Å². The maximum absolute atomic E-state index is 13.5. The summed E-state index contributed by atoms with van der Waals surface area (Å²) < 4.78 is 40.6. The van der Waals surface area contributed by atoms with Gasteiger partial charge in [-0.3, -0.25) is 4.79 Å². The van der Waals surface area contributed by atoms with E-state index < -0.39 is 23.3 Å². The Bertz CT molecular complexity index is 917. The van der Waals surface area contributed by atoms with Crippen LogP contribution >= 0.6 is 0 Å². The molecule has 3 amide bonds. The first-order valence-corrected chi connectivity index (χ1v) is 10.6. The smallest absolute Gasteiger partial charge is 0.359 e. The number of amides is 3. The Balaban J connectivity index is 1.91. The molecule has 0 saturated carbocycles. The second-order valence-electron chi connectivity index (χ2n) is 8.74. The van der Waals surface area contributed by atoms with Crippen LogP contribution < -0.4 is 10.2 Å². The van der Waals surface area contributed by atoms with Crippen LogP contribution in [-0.4, -0.2) is 68.1 Å². The van der Waals surface area contributed by atoms with E-state index in [1.807, 2.05) is 6.92 Å². The van der Waals surface area contributed by atoms with Crippen molar-refractivity contribution >= 4 is 17.6 Å². The molecule has 2 fully saturated rings. The van der Waals surface area contributed by atoms with Crippen molar-refractivity contribution < 1.29 is 22.8 Å². The normalized spacial score (nSPS) is 20.2. The van der Waals surface area contributed by atoms with Gasteiger partial charge in [-0.05, 0) is 49.8 Å². The van der Waals surface area contributed by atoms with Crippen LogP contribution in [-0.2, 0) is 11.0 Å². The maximum Gasteiger partial charge on any atom is 0.417 e. The molecule has 0 aromatic heterocycles. The Labute approximate surface area is 185 Å². The summed E-state index contributed by atoms with van der Waals surface area (Å²) in [5.41, 5.74) is -1.44. The summed E-state index contributed by atoms with van der Waals surface area (Å²) in [6.07, 6.45) is -2.83. The van der Waals surface area contributed by atoms with E-state index in [0.717, 1.165) is 12.1 Å². The number of urea groups is 1. The van der Waals surface area contributed by atoms with Crippen molar-refractivity contribution in [3.05, 3.63) is 29.3 Å². The number of anilines is 1. The van der Waals surface area contributed by atoms with Gasteiger partial charge in [-0.15, -0.1) is 0 Å². The van der Waals surface area contributed by atoms with Gasteiger partial charge in [-0.2, -0.15) is 18.4 Å². The van der Waals surface area contributed by atoms with Crippen molar-refractivity contribution in [2.45, 2.75) is 38.4 Å². The second kappa shape index (κ2) is 8.88. The van der Waals surface area contributed by atoms with Crippen molar-refractivity contribution in [3.63, 3.8) is 0 Å². The zero-order valence-corrected chi connectivity index (χ0v) is 18.5. The summed E-state index contributed by atoms with van der Waals surface area (Å²) in [7, 11) is 3.26. The van der Waals surface area contributed by atoms with Gasteiger partial charge in [0.1, 0.15) is 6.04 Å². The van der Waals surface area contributed by atoms with Gasteiger partial charge in [-0.1, -0.05) is 0 Å². The lowest BCUT2D eigenvalue weighted by Gasteiger charge is -2.39. The Morgan fingerprint density at radius 3 is 2.47 bits per heavy atom. The molecule has 1 unspecified atom stereocenters. The first kappa shape index (κ1) is 23.7. The molecule has 2 heterocycles. The van der Waals surface area contributed by atoms with Gasteiger partial charge >= 0.3 is 12.2 Å². The summed E-state index contributed by atoms with van der Waals surface area (Å²) in [6, 6.07) is 4.48. The Morgan fingerprint density at radius 1 is 1.28 bits per heavy atom. The number of carbonyl (C=O) groups is 2. The van der Waals surface area contributed by atoms with Crippen LogP contribution in [0, 0.1) is 16.7 Å². The van der Waals surface area contributed by atoms with E-state index in [4.69, 9.17) is 5.26 Å². The highest BCUT2D eigenvalue weighted by Crippen LogP contribution is 2.46. The highest BCUT2D eigenvalue weighted by Gasteiger charge is 2.49. The number of alkyl halides is 3. The highest BCUT2D eigenvalue weighted by atomic mass is 19.4. The molecule has 1 N–H and O–H groups in total. The maximum atomic E-state index is 13.5. The molecule has 32 heavy (non-hydrogen) atoms. The molecule has 1 aromatic carbocycles. The van der Waals surface area contributed by atoms with Crippen molar-refractivity contribution in [2.75, 3.05) is 45.2 Å². The Kier molecular flexibility index (Phi) is 6.58. The van der Waals surface area contributed by atoms with Crippen LogP contribution in [0.3, 0.4) is 0 Å². The number of benzene rings is 1. The van der Waals surface area contributed by atoms with Gasteiger partial charge in [0.05, 0.1) is 17.2 Å². The predicted octanol–water partition coefficient (Wildman–Crippen LogP) is 3.06. The first-order valence-electron chi connectivity index (χ1n) is 10.6. The van der Waals surface area contributed by atoms with E-state index in [1.165, 1.54) is 11.0 Å². The van der Waals surface area contributed by atoms with Crippen LogP contribution in [0.2, 0.25) is 0 Å². The van der Waals surface area contributed by atoms with E-state index in [2.05, 4.69) is 5.32 Å². The summed E-state index contributed by atoms with van der Waals surface area (Å²) >= 11 is 0. The standard InChI is InChI=1S/C22H28F3N5O2/c1-4-27-20(32)29-9-7-21(8-10-29)12-18(19(31)28(2)3)30(14-21)16-6-5-15(13-26)17(11-16)22(23,24)25/h5-6,11,18H,4,7-10,12,14H2,1-3H3,(H,27,32). The zero-order valence-electron chi connectivity index (χ0n) is 18.5. The van der Waals surface area contributed by atoms with Crippen LogP contribution in [0.25, 0.3) is 0 Å². The van der Waals surface area contributed by atoms with Crippen molar-refractivity contribution in [2.24, 2.45) is 5.41 Å². The molecule has 0 aliphatic carbocycles. The fourth-order valence-electron chi connectivity index (χ4n) is 4.70. The molecule has 2 saturated heterocycles. The highest BCUT2D eigenvalue weighted by molar-refractivity contribution is 5.86. The van der Waals surface area contributed by atoms with Crippen molar-refractivity contribution in [1.82, 2.24) is 15.1 Å². The zero-order chi connectivity index (χ0) is 23.7. The first-order chi connectivity index (χ1) is 15.0.